The normalized spacial score (nSPS) is 19.5. The Hall–Kier alpha value is -1.68. The smallest absolute Gasteiger partial charge is 0.148 e. The number of hydrogen-bond donors (Lipinski definition) is 0. The van der Waals surface area contributed by atoms with Crippen molar-refractivity contribution in [3.05, 3.63) is 30.0 Å². The minimum Gasteiger partial charge on any atom is -0.371 e. The van der Waals surface area contributed by atoms with Crippen LogP contribution in [0.2, 0.25) is 0 Å². The summed E-state index contributed by atoms with van der Waals surface area (Å²) in [4.78, 5) is 11.7. The molecule has 1 spiro atoms. The quantitative estimate of drug-likeness (QED) is 0.804. The molecule has 0 N–H and O–H groups in total. The molecule has 22 heavy (non-hydrogen) atoms. The van der Waals surface area contributed by atoms with Gasteiger partial charge in [-0.2, -0.15) is 0 Å². The zero-order valence-corrected chi connectivity index (χ0v) is 13.8. The van der Waals surface area contributed by atoms with Gasteiger partial charge in [0.25, 0.3) is 0 Å². The van der Waals surface area contributed by atoms with E-state index in [1.54, 1.807) is 0 Å². The maximum Gasteiger partial charge on any atom is 0.148 e. The van der Waals surface area contributed by atoms with Crippen LogP contribution in [0.5, 0.6) is 0 Å². The maximum absolute atomic E-state index is 5.97. The van der Waals surface area contributed by atoms with E-state index in [2.05, 4.69) is 28.9 Å². The summed E-state index contributed by atoms with van der Waals surface area (Å²) >= 11 is 0. The summed E-state index contributed by atoms with van der Waals surface area (Å²) in [7, 11) is 0. The van der Waals surface area contributed by atoms with Crippen molar-refractivity contribution in [1.29, 1.82) is 0 Å². The highest BCUT2D eigenvalue weighted by Gasteiger charge is 2.42. The fourth-order valence-corrected chi connectivity index (χ4v) is 3.18. The fraction of sp³-hybridized carbons (Fsp3) is 0.556. The average Bonchev–Trinajstić information content (AvgIpc) is 2.54. The number of aryl methyl sites for hydroxylation is 1. The van der Waals surface area contributed by atoms with E-state index in [-0.39, 0.29) is 5.60 Å². The van der Waals surface area contributed by atoms with E-state index in [4.69, 9.17) is 9.72 Å². The van der Waals surface area contributed by atoms with Crippen molar-refractivity contribution in [2.24, 2.45) is 0 Å². The lowest BCUT2D eigenvalue weighted by Crippen LogP contribution is -2.56. The molecule has 0 unspecified atom stereocenters. The first-order chi connectivity index (χ1) is 10.7. The summed E-state index contributed by atoms with van der Waals surface area (Å²) in [5.74, 6) is 0.984. The van der Waals surface area contributed by atoms with Gasteiger partial charge in [0, 0.05) is 13.1 Å². The van der Waals surface area contributed by atoms with E-state index < -0.39 is 0 Å². The third-order valence-electron chi connectivity index (χ3n) is 4.52. The summed E-state index contributed by atoms with van der Waals surface area (Å²) in [5.41, 5.74) is 3.27. The molecule has 1 aromatic heterocycles. The molecule has 4 nitrogen and oxygen atoms in total. The van der Waals surface area contributed by atoms with E-state index in [1.165, 1.54) is 24.8 Å². The van der Waals surface area contributed by atoms with Gasteiger partial charge in [0.1, 0.15) is 5.82 Å². The third kappa shape index (κ3) is 2.80. The van der Waals surface area contributed by atoms with Crippen molar-refractivity contribution in [1.82, 2.24) is 9.97 Å². The van der Waals surface area contributed by atoms with Crippen LogP contribution in [-0.2, 0) is 4.74 Å². The van der Waals surface area contributed by atoms with Gasteiger partial charge in [0.05, 0.1) is 29.4 Å². The predicted octanol–water partition coefficient (Wildman–Crippen LogP) is 3.72. The second-order valence-electron chi connectivity index (χ2n) is 6.03. The topological polar surface area (TPSA) is 38.2 Å². The number of nitrogens with zero attached hydrogens (tertiary/aromatic N) is 3. The van der Waals surface area contributed by atoms with Crippen LogP contribution in [0.15, 0.2) is 24.4 Å². The van der Waals surface area contributed by atoms with E-state index in [0.29, 0.717) is 0 Å². The molecule has 0 atom stereocenters. The van der Waals surface area contributed by atoms with Crippen LogP contribution in [0.4, 0.5) is 5.82 Å². The Morgan fingerprint density at radius 1 is 1.18 bits per heavy atom. The highest BCUT2D eigenvalue weighted by Crippen LogP contribution is 2.39. The van der Waals surface area contributed by atoms with E-state index in [0.717, 1.165) is 36.5 Å². The molecule has 1 aliphatic carbocycles. The Balaban J connectivity index is 0.000000693. The molecule has 2 aromatic rings. The molecular weight excluding hydrogens is 274 g/mol. The molecule has 1 aromatic carbocycles. The predicted molar refractivity (Wildman–Crippen MR) is 90.4 cm³/mol. The first-order valence-electron chi connectivity index (χ1n) is 8.37. The van der Waals surface area contributed by atoms with Crippen LogP contribution in [0.3, 0.4) is 0 Å². The number of fused-ring (bicyclic) bond motifs is 1. The Kier molecular flexibility index (Phi) is 4.30. The molecule has 0 bridgehead atoms. The summed E-state index contributed by atoms with van der Waals surface area (Å²) in [6, 6.07) is 6.22. The van der Waals surface area contributed by atoms with Crippen LogP contribution < -0.4 is 4.90 Å². The lowest BCUT2D eigenvalue weighted by Gasteiger charge is -2.48. The van der Waals surface area contributed by atoms with Gasteiger partial charge >= 0.3 is 0 Å². The zero-order chi connectivity index (χ0) is 15.6. The molecule has 118 valence electrons. The molecule has 4 heteroatoms. The number of benzene rings is 1. The molecule has 1 aliphatic heterocycles. The SMILES string of the molecule is CC.Cc1ccc2ncc(N3CCOC4(CCC4)C3)nc2c1. The maximum atomic E-state index is 5.97. The Bertz CT molecular complexity index is 652. The van der Waals surface area contributed by atoms with Gasteiger partial charge in [-0.1, -0.05) is 19.9 Å². The van der Waals surface area contributed by atoms with Crippen LogP contribution >= 0.6 is 0 Å². The highest BCUT2D eigenvalue weighted by molar-refractivity contribution is 5.76. The van der Waals surface area contributed by atoms with Crippen molar-refractivity contribution in [3.8, 4) is 0 Å². The first-order valence-corrected chi connectivity index (χ1v) is 8.37. The Labute approximate surface area is 132 Å². The van der Waals surface area contributed by atoms with Crippen LogP contribution in [0.25, 0.3) is 11.0 Å². The van der Waals surface area contributed by atoms with Crippen LogP contribution in [0.1, 0.15) is 38.7 Å². The largest absolute Gasteiger partial charge is 0.371 e. The van der Waals surface area contributed by atoms with Gasteiger partial charge in [0.15, 0.2) is 0 Å². The van der Waals surface area contributed by atoms with Crippen molar-refractivity contribution < 1.29 is 4.74 Å². The van der Waals surface area contributed by atoms with Crippen LogP contribution in [-0.4, -0.2) is 35.3 Å². The molecule has 2 fully saturated rings. The number of rotatable bonds is 1. The monoisotopic (exact) mass is 299 g/mol. The standard InChI is InChI=1S/C16H19N3O.C2H6/c1-12-3-4-13-14(9-12)18-15(10-17-13)19-7-8-20-16(11-19)5-2-6-16;1-2/h3-4,9-10H,2,5-8,11H2,1H3;1-2H3. The molecule has 2 aliphatic rings. The number of ether oxygens (including phenoxy) is 1. The molecular formula is C18H25N3O. The van der Waals surface area contributed by atoms with Gasteiger partial charge < -0.3 is 9.64 Å². The van der Waals surface area contributed by atoms with E-state index in [9.17, 15) is 0 Å². The number of aromatic nitrogens is 2. The molecule has 0 radical (unpaired) electrons. The second kappa shape index (κ2) is 6.21. The minimum atomic E-state index is 0.0987. The summed E-state index contributed by atoms with van der Waals surface area (Å²) in [6.45, 7) is 8.76. The van der Waals surface area contributed by atoms with Crippen LogP contribution in [0, 0.1) is 6.92 Å². The summed E-state index contributed by atoms with van der Waals surface area (Å²) in [6.07, 6.45) is 5.55. The molecule has 4 rings (SSSR count). The number of morpholine rings is 1. The Morgan fingerprint density at radius 2 is 2.00 bits per heavy atom. The fourth-order valence-electron chi connectivity index (χ4n) is 3.18. The van der Waals surface area contributed by atoms with Crippen molar-refractivity contribution in [3.63, 3.8) is 0 Å². The number of hydrogen-bond acceptors (Lipinski definition) is 4. The van der Waals surface area contributed by atoms with Gasteiger partial charge in [-0.05, 0) is 43.9 Å². The second-order valence-corrected chi connectivity index (χ2v) is 6.03. The molecule has 1 saturated carbocycles. The van der Waals surface area contributed by atoms with Crippen molar-refractivity contribution in [2.75, 3.05) is 24.6 Å². The highest BCUT2D eigenvalue weighted by atomic mass is 16.5. The van der Waals surface area contributed by atoms with Gasteiger partial charge in [0.2, 0.25) is 0 Å². The molecule has 2 heterocycles. The third-order valence-corrected chi connectivity index (χ3v) is 4.52. The Morgan fingerprint density at radius 3 is 2.73 bits per heavy atom. The summed E-state index contributed by atoms with van der Waals surface area (Å²) in [5, 5.41) is 0. The molecule has 1 saturated heterocycles. The lowest BCUT2D eigenvalue weighted by molar-refractivity contribution is -0.106. The van der Waals surface area contributed by atoms with Crippen molar-refractivity contribution in [2.45, 2.75) is 45.6 Å². The summed E-state index contributed by atoms with van der Waals surface area (Å²) < 4.78 is 5.97. The minimum absolute atomic E-state index is 0.0987. The molecule has 0 amide bonds. The van der Waals surface area contributed by atoms with E-state index >= 15 is 0 Å². The van der Waals surface area contributed by atoms with Gasteiger partial charge in [-0.15, -0.1) is 0 Å². The lowest BCUT2D eigenvalue weighted by atomic mass is 9.79. The average molecular weight is 299 g/mol. The number of anilines is 1. The van der Waals surface area contributed by atoms with Gasteiger partial charge in [-0.3, -0.25) is 4.98 Å². The van der Waals surface area contributed by atoms with E-state index in [1.807, 2.05) is 26.1 Å². The first kappa shape index (κ1) is 15.2. The zero-order valence-electron chi connectivity index (χ0n) is 13.8. The van der Waals surface area contributed by atoms with Crippen molar-refractivity contribution >= 4 is 16.9 Å². The van der Waals surface area contributed by atoms with Gasteiger partial charge in [-0.25, -0.2) is 4.98 Å².